The van der Waals surface area contributed by atoms with Gasteiger partial charge in [-0.3, -0.25) is 0 Å². The van der Waals surface area contributed by atoms with Crippen LogP contribution in [-0.2, 0) is 17.1 Å². The molecule has 2 aromatic carbocycles. The quantitative estimate of drug-likeness (QED) is 0.560. The topological polar surface area (TPSA) is 3.24 Å². The van der Waals surface area contributed by atoms with Gasteiger partial charge in [-0.05, 0) is 0 Å². The zero-order chi connectivity index (χ0) is 12.9. The summed E-state index contributed by atoms with van der Waals surface area (Å²) in [4.78, 5) is 9.59. The van der Waals surface area contributed by atoms with Crippen LogP contribution in [0.15, 0.2) is 48.5 Å². The van der Waals surface area contributed by atoms with Crippen molar-refractivity contribution in [2.75, 3.05) is 19.0 Å². The van der Waals surface area contributed by atoms with Gasteiger partial charge in [-0.25, -0.2) is 12.1 Å². The minimum Gasteiger partial charge on any atom is -0.214 e. The maximum Gasteiger partial charge on any atom is 2.00 e. The van der Waals surface area contributed by atoms with E-state index in [1.54, 1.807) is 3.58 Å². The summed E-state index contributed by atoms with van der Waals surface area (Å²) >= 11 is -1.84. The SMILES string of the molecule is CN(C)c1[cH-]cc[c]1[Sn]([CH3])([CH3])[CH3].[Fe+2].c1cc[cH-]c1. The van der Waals surface area contributed by atoms with E-state index in [0.717, 1.165) is 0 Å². The van der Waals surface area contributed by atoms with Crippen molar-refractivity contribution in [1.82, 2.24) is 0 Å². The van der Waals surface area contributed by atoms with Gasteiger partial charge < -0.3 is 0 Å². The second kappa shape index (κ2) is 8.08. The number of rotatable bonds is 2. The van der Waals surface area contributed by atoms with Crippen LogP contribution in [0.5, 0.6) is 0 Å². The van der Waals surface area contributed by atoms with Gasteiger partial charge in [0, 0.05) is 0 Å². The van der Waals surface area contributed by atoms with Gasteiger partial charge in [0.1, 0.15) is 0 Å². The molecule has 100 valence electrons. The third kappa shape index (κ3) is 5.64. The van der Waals surface area contributed by atoms with Crippen LogP contribution in [0.1, 0.15) is 0 Å². The smallest absolute Gasteiger partial charge is 0.214 e. The predicted molar refractivity (Wildman–Crippen MR) is 81.4 cm³/mol. The van der Waals surface area contributed by atoms with Crippen LogP contribution in [0.25, 0.3) is 0 Å². The molecular formula is C15H23FeNSn. The molecule has 1 nitrogen and oxygen atoms in total. The number of anilines is 1. The summed E-state index contributed by atoms with van der Waals surface area (Å²) in [6.45, 7) is 0. The molecule has 3 heteroatoms. The Labute approximate surface area is 126 Å². The molecule has 0 amide bonds. The first-order valence-corrected chi connectivity index (χ1v) is 16.0. The van der Waals surface area contributed by atoms with Crippen molar-refractivity contribution >= 4 is 27.6 Å². The molecule has 0 saturated carbocycles. The Morgan fingerprint density at radius 2 is 1.56 bits per heavy atom. The fraction of sp³-hybridized carbons (Fsp3) is 0.333. The molecule has 0 atom stereocenters. The molecule has 2 aromatic rings. The van der Waals surface area contributed by atoms with E-state index in [1.165, 1.54) is 5.69 Å². The average molecular weight is 392 g/mol. The van der Waals surface area contributed by atoms with Crippen LogP contribution in [0, 0.1) is 0 Å². The van der Waals surface area contributed by atoms with Gasteiger partial charge in [0.15, 0.2) is 0 Å². The number of hydrogen-bond donors (Lipinski definition) is 0. The van der Waals surface area contributed by atoms with E-state index in [0.29, 0.717) is 0 Å². The summed E-state index contributed by atoms with van der Waals surface area (Å²) in [5, 5.41) is 0. The first-order valence-electron chi connectivity index (χ1n) is 6.03. The maximum atomic E-state index is 2.46. The van der Waals surface area contributed by atoms with Crippen LogP contribution in [-0.4, -0.2) is 32.5 Å². The normalized spacial score (nSPS) is 10.1. The number of nitrogens with zero attached hydrogens (tertiary/aromatic N) is 1. The van der Waals surface area contributed by atoms with E-state index >= 15 is 0 Å². The second-order valence-electron chi connectivity index (χ2n) is 5.43. The first kappa shape index (κ1) is 17.8. The summed E-state index contributed by atoms with van der Waals surface area (Å²) in [7, 11) is 4.24. The van der Waals surface area contributed by atoms with Gasteiger partial charge in [-0.2, -0.15) is 18.2 Å². The van der Waals surface area contributed by atoms with Crippen molar-refractivity contribution in [2.24, 2.45) is 0 Å². The Balaban J connectivity index is 0.000000405. The van der Waals surface area contributed by atoms with E-state index in [2.05, 4.69) is 52.0 Å². The third-order valence-corrected chi connectivity index (χ3v) is 8.46. The van der Waals surface area contributed by atoms with Gasteiger partial charge in [-0.1, -0.05) is 0 Å². The van der Waals surface area contributed by atoms with E-state index in [9.17, 15) is 0 Å². The average Bonchev–Trinajstić information content (AvgIpc) is 2.92. The van der Waals surface area contributed by atoms with Crippen molar-refractivity contribution < 1.29 is 17.1 Å². The third-order valence-electron chi connectivity index (χ3n) is 2.64. The van der Waals surface area contributed by atoms with Gasteiger partial charge >= 0.3 is 96.7 Å². The molecule has 0 radical (unpaired) electrons. The molecule has 0 aromatic heterocycles. The molecule has 2 rings (SSSR count). The molecule has 18 heavy (non-hydrogen) atoms. The van der Waals surface area contributed by atoms with Crippen molar-refractivity contribution in [1.29, 1.82) is 0 Å². The van der Waals surface area contributed by atoms with E-state index in [4.69, 9.17) is 0 Å². The standard InChI is InChI=1S/C7H9N.C5H5.3CH3.Fe.Sn/c1-8(2)7-5-3-4-6-7;1-2-4-5-3-1;;;;;/h3-5H,1-2H3;1-5H;3*1H3;;/q2*-1;;;;+2;. The Bertz CT molecular complexity index is 393. The van der Waals surface area contributed by atoms with Crippen LogP contribution in [0.2, 0.25) is 14.8 Å². The monoisotopic (exact) mass is 393 g/mol. The van der Waals surface area contributed by atoms with Gasteiger partial charge in [-0.15, -0.1) is 0 Å². The predicted octanol–water partition coefficient (Wildman–Crippen LogP) is 3.42. The molecule has 0 aliphatic rings. The minimum absolute atomic E-state index is 0. The van der Waals surface area contributed by atoms with Crippen LogP contribution < -0.4 is 8.48 Å². The minimum atomic E-state index is -1.84. The zero-order valence-electron chi connectivity index (χ0n) is 11.9. The summed E-state index contributed by atoms with van der Waals surface area (Å²) in [5.74, 6) is 0. The molecule has 0 N–H and O–H groups in total. The van der Waals surface area contributed by atoms with Crippen molar-refractivity contribution in [3.63, 3.8) is 0 Å². The fourth-order valence-corrected chi connectivity index (χ4v) is 6.53. The molecule has 0 unspecified atom stereocenters. The summed E-state index contributed by atoms with van der Waals surface area (Å²) in [6.07, 6.45) is 0. The zero-order valence-corrected chi connectivity index (χ0v) is 15.9. The van der Waals surface area contributed by atoms with Gasteiger partial charge in [0.2, 0.25) is 0 Å². The largest absolute Gasteiger partial charge is 2.00 e. The molecule has 0 spiro atoms. The van der Waals surface area contributed by atoms with E-state index in [-0.39, 0.29) is 17.1 Å². The molecule has 0 aliphatic carbocycles. The van der Waals surface area contributed by atoms with Gasteiger partial charge in [0.25, 0.3) is 0 Å². The van der Waals surface area contributed by atoms with Crippen LogP contribution in [0.3, 0.4) is 0 Å². The van der Waals surface area contributed by atoms with Crippen molar-refractivity contribution in [2.45, 2.75) is 14.8 Å². The fourth-order valence-electron chi connectivity index (χ4n) is 1.76. The van der Waals surface area contributed by atoms with E-state index in [1.807, 2.05) is 30.3 Å². The molecule has 0 saturated heterocycles. The van der Waals surface area contributed by atoms with Crippen molar-refractivity contribution in [3.05, 3.63) is 48.5 Å². The first-order chi connectivity index (χ1) is 7.93. The van der Waals surface area contributed by atoms with Crippen molar-refractivity contribution in [3.8, 4) is 0 Å². The molecule has 0 heterocycles. The van der Waals surface area contributed by atoms with Crippen LogP contribution >= 0.6 is 0 Å². The second-order valence-corrected chi connectivity index (χ2v) is 19.8. The van der Waals surface area contributed by atoms with Gasteiger partial charge in [0.05, 0.1) is 0 Å². The Hall–Kier alpha value is -0.182. The maximum absolute atomic E-state index is 2.46. The molecule has 0 fully saturated rings. The summed E-state index contributed by atoms with van der Waals surface area (Å²) < 4.78 is 1.63. The molecule has 0 bridgehead atoms. The Morgan fingerprint density at radius 1 is 1.00 bits per heavy atom. The number of hydrogen-bond acceptors (Lipinski definition) is 1. The summed E-state index contributed by atoms with van der Waals surface area (Å²) in [5.41, 5.74) is 1.43. The summed E-state index contributed by atoms with van der Waals surface area (Å²) in [6, 6.07) is 16.7. The van der Waals surface area contributed by atoms with E-state index < -0.39 is 18.4 Å². The molecule has 0 aliphatic heterocycles. The molecular weight excluding hydrogens is 369 g/mol. The Kier molecular flexibility index (Phi) is 8.00. The van der Waals surface area contributed by atoms with Crippen LogP contribution in [0.4, 0.5) is 5.69 Å². The Morgan fingerprint density at radius 3 is 1.83 bits per heavy atom.